The highest BCUT2D eigenvalue weighted by Crippen LogP contribution is 2.34. The van der Waals surface area contributed by atoms with E-state index in [1.54, 1.807) is 6.08 Å². The molecule has 654 valence electrons. The molecule has 0 saturated carbocycles. The summed E-state index contributed by atoms with van der Waals surface area (Å²) in [5, 5.41) is 121. The molecule has 17 atom stereocenters. The third-order valence-corrected chi connectivity index (χ3v) is 23.4. The summed E-state index contributed by atoms with van der Waals surface area (Å²) in [4.78, 5) is 13.5. The van der Waals surface area contributed by atoms with Gasteiger partial charge in [-0.3, -0.25) is 4.79 Å². The highest BCUT2D eigenvalue weighted by molar-refractivity contribution is 5.76. The first-order chi connectivity index (χ1) is 54.3. The van der Waals surface area contributed by atoms with Crippen LogP contribution in [-0.4, -0.2) is 193 Å². The van der Waals surface area contributed by atoms with Crippen LogP contribution in [0.5, 0.6) is 0 Å². The van der Waals surface area contributed by atoms with E-state index < -0.39 is 124 Å². The zero-order chi connectivity index (χ0) is 80.3. The van der Waals surface area contributed by atoms with Crippen molar-refractivity contribution in [3.8, 4) is 0 Å². The predicted molar refractivity (Wildman–Crippen MR) is 448 cm³/mol. The van der Waals surface area contributed by atoms with Crippen LogP contribution in [0.1, 0.15) is 412 Å². The van der Waals surface area contributed by atoms with Crippen molar-refractivity contribution < 1.29 is 89.4 Å². The molecule has 3 aliphatic rings. The van der Waals surface area contributed by atoms with Crippen molar-refractivity contribution >= 4 is 5.91 Å². The van der Waals surface area contributed by atoms with Gasteiger partial charge in [0.15, 0.2) is 18.9 Å². The first-order valence-corrected chi connectivity index (χ1v) is 46.7. The lowest BCUT2D eigenvalue weighted by molar-refractivity contribution is -0.379. The van der Waals surface area contributed by atoms with Crippen molar-refractivity contribution in [1.82, 2.24) is 5.32 Å². The van der Waals surface area contributed by atoms with Crippen LogP contribution < -0.4 is 5.32 Å². The first-order valence-electron chi connectivity index (χ1n) is 46.7. The minimum atomic E-state index is -1.98. The molecular formula is C92H173NO18. The molecule has 0 aromatic rings. The molecule has 0 radical (unpaired) electrons. The molecule has 12 N–H and O–H groups in total. The van der Waals surface area contributed by atoms with Crippen molar-refractivity contribution in [2.24, 2.45) is 0 Å². The van der Waals surface area contributed by atoms with Crippen LogP contribution >= 0.6 is 0 Å². The maximum absolute atomic E-state index is 13.5. The number of amides is 1. The van der Waals surface area contributed by atoms with Crippen molar-refractivity contribution in [2.75, 3.05) is 26.4 Å². The summed E-state index contributed by atoms with van der Waals surface area (Å²) in [7, 11) is 0. The number of ether oxygens (including phenoxy) is 6. The molecular weight excluding hydrogens is 1410 g/mol. The average Bonchev–Trinajstić information content (AvgIpc) is 0.779. The lowest BCUT2D eigenvalue weighted by Crippen LogP contribution is -2.66. The Hall–Kier alpha value is -1.99. The van der Waals surface area contributed by atoms with Crippen LogP contribution in [0.15, 0.2) is 36.5 Å². The zero-order valence-corrected chi connectivity index (χ0v) is 70.7. The number of hydrogen-bond acceptors (Lipinski definition) is 18. The highest BCUT2D eigenvalue weighted by Gasteiger charge is 2.54. The number of aliphatic hydroxyl groups excluding tert-OH is 11. The summed E-state index contributed by atoms with van der Waals surface area (Å²) >= 11 is 0. The summed E-state index contributed by atoms with van der Waals surface area (Å²) in [5.74, 6) is -0.276. The number of nitrogens with one attached hydrogen (secondary N) is 1. The Balaban J connectivity index is 1.31. The van der Waals surface area contributed by atoms with E-state index in [-0.39, 0.29) is 18.9 Å². The van der Waals surface area contributed by atoms with Crippen molar-refractivity contribution in [2.45, 2.75) is 516 Å². The molecule has 0 aromatic carbocycles. The number of hydrogen-bond donors (Lipinski definition) is 12. The number of allylic oxidation sites excluding steroid dienone is 5. The number of carbonyl (C=O) groups excluding carboxylic acids is 1. The number of rotatable bonds is 77. The van der Waals surface area contributed by atoms with E-state index in [1.807, 2.05) is 6.08 Å². The Labute approximate surface area is 676 Å². The van der Waals surface area contributed by atoms with E-state index in [0.29, 0.717) is 12.8 Å². The van der Waals surface area contributed by atoms with E-state index in [9.17, 15) is 61.0 Å². The van der Waals surface area contributed by atoms with Crippen LogP contribution in [0.2, 0.25) is 0 Å². The van der Waals surface area contributed by atoms with Gasteiger partial charge >= 0.3 is 0 Å². The van der Waals surface area contributed by atoms with E-state index in [0.717, 1.165) is 38.5 Å². The molecule has 0 aliphatic carbocycles. The number of aliphatic hydroxyl groups is 11. The maximum Gasteiger partial charge on any atom is 0.220 e. The molecule has 3 rings (SSSR count). The van der Waals surface area contributed by atoms with Crippen LogP contribution in [-0.2, 0) is 33.2 Å². The molecule has 0 bridgehead atoms. The second-order valence-electron chi connectivity index (χ2n) is 33.5. The third kappa shape index (κ3) is 50.5. The Morgan fingerprint density at radius 1 is 0.315 bits per heavy atom. The van der Waals surface area contributed by atoms with Gasteiger partial charge in [-0.1, -0.05) is 384 Å². The molecule has 3 fully saturated rings. The maximum atomic E-state index is 13.5. The molecule has 3 aliphatic heterocycles. The topological polar surface area (TPSA) is 307 Å². The zero-order valence-electron chi connectivity index (χ0n) is 70.7. The van der Waals surface area contributed by atoms with E-state index >= 15 is 0 Å². The molecule has 3 heterocycles. The van der Waals surface area contributed by atoms with Gasteiger partial charge in [0.1, 0.15) is 73.2 Å². The summed E-state index contributed by atoms with van der Waals surface area (Å²) in [6.07, 6.45) is 66.1. The largest absolute Gasteiger partial charge is 0.394 e. The molecule has 111 heavy (non-hydrogen) atoms. The SMILES string of the molecule is CCCCCCCCCC/C=C\CCCCCCCCCCCCCCCCCCCCCCCCCCCC(=O)NC(COC1OC(CO)C(OC2OC(CO)C(OC3OC(CO)C(O)C(O)C3O)C(O)C2O)C(O)C1O)C(O)/C=C/CC/C=C/CCCCCCCCCCCCCCCCCCCCCCCCC. The Kier molecular flexibility index (Phi) is 67.0. The number of unbranched alkanes of at least 4 members (excludes halogenated alkanes) is 57. The van der Waals surface area contributed by atoms with Crippen LogP contribution in [0.25, 0.3) is 0 Å². The van der Waals surface area contributed by atoms with Crippen LogP contribution in [0.4, 0.5) is 0 Å². The van der Waals surface area contributed by atoms with Crippen molar-refractivity contribution in [3.63, 3.8) is 0 Å². The average molecular weight is 1580 g/mol. The quantitative estimate of drug-likeness (QED) is 0.0199. The highest BCUT2D eigenvalue weighted by atomic mass is 16.8. The van der Waals surface area contributed by atoms with E-state index in [2.05, 4.69) is 43.5 Å². The van der Waals surface area contributed by atoms with Gasteiger partial charge in [-0.05, 0) is 57.8 Å². The second-order valence-corrected chi connectivity index (χ2v) is 33.5. The molecule has 19 nitrogen and oxygen atoms in total. The smallest absolute Gasteiger partial charge is 0.220 e. The molecule has 0 spiro atoms. The van der Waals surface area contributed by atoms with Gasteiger partial charge in [0, 0.05) is 6.42 Å². The fourth-order valence-corrected chi connectivity index (χ4v) is 16.0. The Bertz CT molecular complexity index is 2140. The van der Waals surface area contributed by atoms with Crippen LogP contribution in [0, 0.1) is 0 Å². The summed E-state index contributed by atoms with van der Waals surface area (Å²) in [6.45, 7) is 1.79. The standard InChI is InChI=1S/C92H173NO18/c1-3-5-7-9-11-13-15-17-19-21-23-25-27-29-31-33-34-35-36-37-38-39-40-42-44-46-48-50-52-54-56-58-60-62-64-66-68-70-80(98)93-75(76(97)69-67-65-63-61-59-57-55-53-51-49-47-45-43-41-32-30-28-26-24-22-20-18-16-14-12-10-8-6-4-2)74-106-90-86(104)83(101)88(78(72-95)108-90)111-92-87(105)84(102)89(79(73-96)109-92)110-91-85(103)82(100)81(99)77(71-94)107-91/h21,23,59,61,67,69,75-79,81-92,94-97,99-105H,3-20,22,24-58,60,62-66,68,70-74H2,1-2H3,(H,93,98)/b23-21-,61-59+,69-67+. The number of carbonyl (C=O) groups is 1. The molecule has 3 saturated heterocycles. The van der Waals surface area contributed by atoms with E-state index in [4.69, 9.17) is 28.4 Å². The molecule has 0 aromatic heterocycles. The van der Waals surface area contributed by atoms with Gasteiger partial charge < -0.3 is 89.9 Å². The fraction of sp³-hybridized carbons (Fsp3) is 0.924. The van der Waals surface area contributed by atoms with Gasteiger partial charge in [0.25, 0.3) is 0 Å². The van der Waals surface area contributed by atoms with Gasteiger partial charge in [-0.2, -0.15) is 0 Å². The molecule has 17 unspecified atom stereocenters. The van der Waals surface area contributed by atoms with Gasteiger partial charge in [-0.25, -0.2) is 0 Å². The summed E-state index contributed by atoms with van der Waals surface area (Å²) in [5.41, 5.74) is 0. The second kappa shape index (κ2) is 72.1. The Morgan fingerprint density at radius 2 is 0.577 bits per heavy atom. The normalized spacial score (nSPS) is 25.1. The van der Waals surface area contributed by atoms with Crippen molar-refractivity contribution in [3.05, 3.63) is 36.5 Å². The van der Waals surface area contributed by atoms with E-state index in [1.165, 1.54) is 340 Å². The fourth-order valence-electron chi connectivity index (χ4n) is 16.0. The third-order valence-electron chi connectivity index (χ3n) is 23.4. The summed E-state index contributed by atoms with van der Waals surface area (Å²) in [6, 6.07) is -0.991. The van der Waals surface area contributed by atoms with Gasteiger partial charge in [0.2, 0.25) is 5.91 Å². The minimum absolute atomic E-state index is 0.240. The Morgan fingerprint density at radius 3 is 0.901 bits per heavy atom. The van der Waals surface area contributed by atoms with Gasteiger partial charge in [0.05, 0.1) is 38.6 Å². The predicted octanol–water partition coefficient (Wildman–Crippen LogP) is 18.2. The molecule has 1 amide bonds. The lowest BCUT2D eigenvalue weighted by atomic mass is 9.96. The van der Waals surface area contributed by atoms with Crippen LogP contribution in [0.3, 0.4) is 0 Å². The monoisotopic (exact) mass is 1580 g/mol. The molecule has 19 heteroatoms. The van der Waals surface area contributed by atoms with Crippen molar-refractivity contribution in [1.29, 1.82) is 0 Å². The first kappa shape index (κ1) is 103. The lowest BCUT2D eigenvalue weighted by Gasteiger charge is -2.48. The van der Waals surface area contributed by atoms with Gasteiger partial charge in [-0.15, -0.1) is 0 Å². The minimum Gasteiger partial charge on any atom is -0.394 e. The summed E-state index contributed by atoms with van der Waals surface area (Å²) < 4.78 is 34.5.